The monoisotopic (exact) mass is 398 g/mol. The van der Waals surface area contributed by atoms with Gasteiger partial charge in [0.05, 0.1) is 36.0 Å². The third kappa shape index (κ3) is 6.46. The largest absolute Gasteiger partial charge is 0.491 e. The molecule has 0 fully saturated rings. The first-order chi connectivity index (χ1) is 14.0. The van der Waals surface area contributed by atoms with Crippen molar-refractivity contribution in [2.75, 3.05) is 31.2 Å². The molecule has 6 heteroatoms. The lowest BCUT2D eigenvalue weighted by Crippen LogP contribution is -2.26. The SMILES string of the molecule is CCCCCCOC1=CC(=Nc2ccc(N(CC)CCO)cc2C)C(=N)C=C1N. The molecule has 6 nitrogen and oxygen atoms in total. The van der Waals surface area contributed by atoms with Crippen molar-refractivity contribution in [1.82, 2.24) is 0 Å². The van der Waals surface area contributed by atoms with Crippen LogP contribution in [0, 0.1) is 12.3 Å². The van der Waals surface area contributed by atoms with Crippen LogP contribution < -0.4 is 10.6 Å². The number of benzene rings is 1. The maximum absolute atomic E-state index is 9.23. The molecule has 0 heterocycles. The quantitative estimate of drug-likeness (QED) is 0.384. The van der Waals surface area contributed by atoms with E-state index in [4.69, 9.17) is 15.9 Å². The summed E-state index contributed by atoms with van der Waals surface area (Å²) in [5.74, 6) is 0.589. The number of hydrogen-bond acceptors (Lipinski definition) is 6. The van der Waals surface area contributed by atoms with E-state index < -0.39 is 0 Å². The van der Waals surface area contributed by atoms with Gasteiger partial charge in [-0.25, -0.2) is 4.99 Å². The Morgan fingerprint density at radius 2 is 1.97 bits per heavy atom. The average Bonchev–Trinajstić information content (AvgIpc) is 2.70. The highest BCUT2D eigenvalue weighted by Crippen LogP contribution is 2.26. The molecule has 4 N–H and O–H groups in total. The molecule has 0 aliphatic heterocycles. The van der Waals surface area contributed by atoms with Gasteiger partial charge in [-0.3, -0.25) is 5.41 Å². The van der Waals surface area contributed by atoms with Gasteiger partial charge in [-0.15, -0.1) is 0 Å². The van der Waals surface area contributed by atoms with Crippen molar-refractivity contribution < 1.29 is 9.84 Å². The van der Waals surface area contributed by atoms with Crippen LogP contribution in [0.2, 0.25) is 0 Å². The highest BCUT2D eigenvalue weighted by Gasteiger charge is 2.16. The van der Waals surface area contributed by atoms with Crippen LogP contribution in [0.1, 0.15) is 45.1 Å². The molecule has 0 saturated heterocycles. The van der Waals surface area contributed by atoms with Gasteiger partial charge in [0.1, 0.15) is 5.76 Å². The smallest absolute Gasteiger partial charge is 0.144 e. The van der Waals surface area contributed by atoms with E-state index >= 15 is 0 Å². The lowest BCUT2D eigenvalue weighted by Gasteiger charge is -2.22. The van der Waals surface area contributed by atoms with Gasteiger partial charge in [-0.05, 0) is 50.1 Å². The summed E-state index contributed by atoms with van der Waals surface area (Å²) in [5, 5.41) is 17.5. The first kappa shape index (κ1) is 22.7. The van der Waals surface area contributed by atoms with Gasteiger partial charge < -0.3 is 20.5 Å². The fourth-order valence-electron chi connectivity index (χ4n) is 3.20. The van der Waals surface area contributed by atoms with Crippen LogP contribution >= 0.6 is 0 Å². The van der Waals surface area contributed by atoms with Crippen molar-refractivity contribution in [1.29, 1.82) is 5.41 Å². The number of nitrogens with two attached hydrogens (primary N) is 1. The van der Waals surface area contributed by atoms with Crippen LogP contribution in [0.25, 0.3) is 0 Å². The Morgan fingerprint density at radius 3 is 2.62 bits per heavy atom. The number of aliphatic imine (C=N–C) groups is 1. The predicted octanol–water partition coefficient (Wildman–Crippen LogP) is 4.24. The van der Waals surface area contributed by atoms with Gasteiger partial charge in [-0.1, -0.05) is 26.2 Å². The zero-order valence-electron chi connectivity index (χ0n) is 17.9. The van der Waals surface area contributed by atoms with E-state index in [0.717, 1.165) is 36.3 Å². The number of rotatable bonds is 11. The second-order valence-electron chi connectivity index (χ2n) is 7.20. The molecule has 1 aliphatic rings. The molecule has 29 heavy (non-hydrogen) atoms. The average molecular weight is 399 g/mol. The number of aryl methyl sites for hydroxylation is 1. The summed E-state index contributed by atoms with van der Waals surface area (Å²) in [4.78, 5) is 6.79. The zero-order valence-corrected chi connectivity index (χ0v) is 17.9. The van der Waals surface area contributed by atoms with Gasteiger partial charge in [0, 0.05) is 24.9 Å². The molecular formula is C23H34N4O2. The van der Waals surface area contributed by atoms with Crippen LogP contribution in [-0.2, 0) is 4.74 Å². The Bertz CT molecular complexity index is 796. The molecule has 1 aromatic carbocycles. The number of allylic oxidation sites excluding steroid dienone is 2. The number of unbranched alkanes of at least 4 members (excludes halogenated alkanes) is 3. The molecule has 0 unspecified atom stereocenters. The zero-order chi connectivity index (χ0) is 21.2. The van der Waals surface area contributed by atoms with E-state index in [2.05, 4.69) is 29.8 Å². The van der Waals surface area contributed by atoms with Crippen molar-refractivity contribution in [3.05, 3.63) is 47.4 Å². The third-order valence-corrected chi connectivity index (χ3v) is 4.92. The highest BCUT2D eigenvalue weighted by molar-refractivity contribution is 6.50. The van der Waals surface area contributed by atoms with E-state index in [1.807, 2.05) is 19.1 Å². The Morgan fingerprint density at radius 1 is 1.17 bits per heavy atom. The van der Waals surface area contributed by atoms with E-state index in [-0.39, 0.29) is 12.3 Å². The first-order valence-corrected chi connectivity index (χ1v) is 10.5. The summed E-state index contributed by atoms with van der Waals surface area (Å²) in [6.45, 7) is 8.40. The number of nitrogens with one attached hydrogen (secondary N) is 1. The minimum atomic E-state index is 0.119. The van der Waals surface area contributed by atoms with Crippen molar-refractivity contribution in [2.24, 2.45) is 10.7 Å². The Labute approximate surface area is 174 Å². The Balaban J connectivity index is 2.17. The highest BCUT2D eigenvalue weighted by atomic mass is 16.5. The molecule has 158 valence electrons. The predicted molar refractivity (Wildman–Crippen MR) is 121 cm³/mol. The molecule has 1 aromatic rings. The molecular weight excluding hydrogens is 364 g/mol. The van der Waals surface area contributed by atoms with Crippen LogP contribution in [-0.4, -0.2) is 42.8 Å². The first-order valence-electron chi connectivity index (χ1n) is 10.5. The second-order valence-corrected chi connectivity index (χ2v) is 7.20. The van der Waals surface area contributed by atoms with Crippen molar-refractivity contribution >= 4 is 22.8 Å². The van der Waals surface area contributed by atoms with E-state index in [9.17, 15) is 5.11 Å². The number of anilines is 1. The van der Waals surface area contributed by atoms with E-state index in [0.29, 0.717) is 30.3 Å². The number of ether oxygens (including phenoxy) is 1. The topological polar surface area (TPSA) is 94.9 Å². The fraction of sp³-hybridized carbons (Fsp3) is 0.478. The van der Waals surface area contributed by atoms with Crippen molar-refractivity contribution in [2.45, 2.75) is 46.5 Å². The normalized spacial score (nSPS) is 15.3. The Hall–Kier alpha value is -2.60. The summed E-state index contributed by atoms with van der Waals surface area (Å²) in [6.07, 6.45) is 7.88. The fourth-order valence-corrected chi connectivity index (χ4v) is 3.20. The van der Waals surface area contributed by atoms with Gasteiger partial charge in [0.15, 0.2) is 0 Å². The lowest BCUT2D eigenvalue weighted by molar-refractivity contribution is 0.212. The molecule has 0 amide bonds. The molecule has 0 radical (unpaired) electrons. The summed E-state index contributed by atoms with van der Waals surface area (Å²) >= 11 is 0. The number of likely N-dealkylation sites (N-methyl/N-ethyl adjacent to an activating group) is 1. The summed E-state index contributed by atoms with van der Waals surface area (Å²) in [5.41, 5.74) is 10.2. The van der Waals surface area contributed by atoms with Gasteiger partial charge in [-0.2, -0.15) is 0 Å². The van der Waals surface area contributed by atoms with Crippen molar-refractivity contribution in [3.8, 4) is 0 Å². The second kappa shape index (κ2) is 11.4. The number of aliphatic hydroxyl groups excluding tert-OH is 1. The molecule has 0 atom stereocenters. The molecule has 0 saturated carbocycles. The lowest BCUT2D eigenvalue weighted by atomic mass is 10.1. The third-order valence-electron chi connectivity index (χ3n) is 4.92. The van der Waals surface area contributed by atoms with Crippen LogP contribution in [0.15, 0.2) is 46.8 Å². The maximum Gasteiger partial charge on any atom is 0.144 e. The molecule has 0 bridgehead atoms. The van der Waals surface area contributed by atoms with Gasteiger partial charge >= 0.3 is 0 Å². The number of hydrogen-bond donors (Lipinski definition) is 3. The van der Waals surface area contributed by atoms with E-state index in [1.54, 1.807) is 12.2 Å². The number of nitrogens with zero attached hydrogens (tertiary/aromatic N) is 2. The van der Waals surface area contributed by atoms with Crippen molar-refractivity contribution in [3.63, 3.8) is 0 Å². The van der Waals surface area contributed by atoms with Gasteiger partial charge in [0.2, 0.25) is 0 Å². The molecule has 1 aliphatic carbocycles. The molecule has 0 aromatic heterocycles. The van der Waals surface area contributed by atoms with Crippen LogP contribution in [0.3, 0.4) is 0 Å². The van der Waals surface area contributed by atoms with Crippen LogP contribution in [0.4, 0.5) is 11.4 Å². The van der Waals surface area contributed by atoms with E-state index in [1.165, 1.54) is 12.8 Å². The Kier molecular flexibility index (Phi) is 8.93. The summed E-state index contributed by atoms with van der Waals surface area (Å²) < 4.78 is 5.84. The summed E-state index contributed by atoms with van der Waals surface area (Å²) in [6, 6.07) is 6.01. The maximum atomic E-state index is 9.23. The standard InChI is InChI=1S/C23H34N4O2/c1-4-6-7-8-13-29-23-16-22(19(24)15-20(23)25)26-21-10-9-18(14-17(21)3)27(5-2)11-12-28/h9-10,14-16,24,28H,4-8,11-13,25H2,1-3H3. The van der Waals surface area contributed by atoms with Gasteiger partial charge in [0.25, 0.3) is 0 Å². The molecule has 0 spiro atoms. The number of aliphatic hydroxyl groups is 1. The summed E-state index contributed by atoms with van der Waals surface area (Å²) in [7, 11) is 0. The minimum Gasteiger partial charge on any atom is -0.491 e. The van der Waals surface area contributed by atoms with Crippen LogP contribution in [0.5, 0.6) is 0 Å². The minimum absolute atomic E-state index is 0.119. The molecule has 2 rings (SSSR count).